The third kappa shape index (κ3) is 2.80. The molecule has 0 spiro atoms. The number of benzene rings is 2. The summed E-state index contributed by atoms with van der Waals surface area (Å²) < 4.78 is 3.99. The van der Waals surface area contributed by atoms with Crippen LogP contribution in [0.4, 0.5) is 0 Å². The zero-order valence-corrected chi connectivity index (χ0v) is 18.5. The Morgan fingerprint density at radius 2 is 1.55 bits per heavy atom. The fourth-order valence-electron chi connectivity index (χ4n) is 4.00. The Hall–Kier alpha value is -2.64. The van der Waals surface area contributed by atoms with E-state index in [1.165, 1.54) is 0 Å². The van der Waals surface area contributed by atoms with E-state index in [0.29, 0.717) is 11.1 Å². The molecule has 5 nitrogen and oxygen atoms in total. The predicted octanol–water partition coefficient (Wildman–Crippen LogP) is 5.23. The summed E-state index contributed by atoms with van der Waals surface area (Å²) in [5.74, 6) is -0.738. The van der Waals surface area contributed by atoms with Crippen molar-refractivity contribution in [2.45, 2.75) is 13.5 Å². The molecule has 3 heterocycles. The number of hydrogen-bond acceptors (Lipinski definition) is 2. The van der Waals surface area contributed by atoms with Gasteiger partial charge in [0.15, 0.2) is 0 Å². The highest BCUT2D eigenvalue weighted by Crippen LogP contribution is 2.39. The average Bonchev–Trinajstić information content (AvgIpc) is 3.33. The van der Waals surface area contributed by atoms with E-state index in [-0.39, 0.29) is 11.8 Å². The van der Waals surface area contributed by atoms with Crippen molar-refractivity contribution in [1.82, 2.24) is 14.9 Å². The summed E-state index contributed by atoms with van der Waals surface area (Å²) in [5, 5.41) is 4.33. The van der Waals surface area contributed by atoms with Gasteiger partial charge in [0.05, 0.1) is 11.1 Å². The van der Waals surface area contributed by atoms with Gasteiger partial charge in [0.2, 0.25) is 0 Å². The smallest absolute Gasteiger partial charge is 0.259 e. The number of halogens is 2. The Morgan fingerprint density at radius 3 is 2.28 bits per heavy atom. The molecule has 0 fully saturated rings. The predicted molar refractivity (Wildman–Crippen MR) is 121 cm³/mol. The van der Waals surface area contributed by atoms with Crippen LogP contribution in [0.2, 0.25) is 0 Å². The second-order valence-corrected chi connectivity index (χ2v) is 8.75. The van der Waals surface area contributed by atoms with Gasteiger partial charge in [-0.2, -0.15) is 0 Å². The van der Waals surface area contributed by atoms with Crippen molar-refractivity contribution >= 4 is 76.6 Å². The number of imide groups is 1. The molecule has 0 unspecified atom stereocenters. The number of rotatable bonds is 3. The topological polar surface area (TPSA) is 66.9 Å². The van der Waals surface area contributed by atoms with E-state index < -0.39 is 0 Å². The second kappa shape index (κ2) is 6.71. The second-order valence-electron chi connectivity index (χ2n) is 6.92. The van der Waals surface area contributed by atoms with Gasteiger partial charge in [-0.1, -0.05) is 44.0 Å². The van der Waals surface area contributed by atoms with Crippen molar-refractivity contribution in [3.63, 3.8) is 0 Å². The SMILES string of the molecule is CCn1cc(C2=C(c3c[nH]c4cc(Br)ccc34)C(=O)NC2=O)c2ccc(Br)cc21. The van der Waals surface area contributed by atoms with E-state index >= 15 is 0 Å². The van der Waals surface area contributed by atoms with Crippen LogP contribution in [-0.4, -0.2) is 21.4 Å². The van der Waals surface area contributed by atoms with E-state index in [9.17, 15) is 9.59 Å². The van der Waals surface area contributed by atoms with E-state index in [1.54, 1.807) is 6.20 Å². The largest absolute Gasteiger partial charge is 0.361 e. The number of fused-ring (bicyclic) bond motifs is 2. The van der Waals surface area contributed by atoms with Gasteiger partial charge in [-0.3, -0.25) is 14.9 Å². The van der Waals surface area contributed by atoms with E-state index in [1.807, 2.05) is 42.6 Å². The highest BCUT2D eigenvalue weighted by molar-refractivity contribution is 9.10. The molecule has 0 saturated carbocycles. The summed E-state index contributed by atoms with van der Waals surface area (Å²) in [4.78, 5) is 28.9. The maximum Gasteiger partial charge on any atom is 0.259 e. The van der Waals surface area contributed by atoms with Crippen molar-refractivity contribution in [2.75, 3.05) is 0 Å². The molecule has 5 rings (SSSR count). The van der Waals surface area contributed by atoms with Crippen molar-refractivity contribution in [3.8, 4) is 0 Å². The first-order valence-electron chi connectivity index (χ1n) is 9.13. The third-order valence-corrected chi connectivity index (χ3v) is 6.29. The summed E-state index contributed by atoms with van der Waals surface area (Å²) >= 11 is 6.99. The number of nitrogens with zero attached hydrogens (tertiary/aromatic N) is 1. The first-order chi connectivity index (χ1) is 14.0. The van der Waals surface area contributed by atoms with Crippen LogP contribution in [0.5, 0.6) is 0 Å². The monoisotopic (exact) mass is 511 g/mol. The molecule has 2 aromatic carbocycles. The van der Waals surface area contributed by atoms with E-state index in [4.69, 9.17) is 0 Å². The Kier molecular flexibility index (Phi) is 4.26. The van der Waals surface area contributed by atoms with Crippen molar-refractivity contribution in [2.24, 2.45) is 0 Å². The lowest BCUT2D eigenvalue weighted by molar-refractivity contribution is -0.122. The number of hydrogen-bond donors (Lipinski definition) is 2. The molecule has 2 N–H and O–H groups in total. The van der Waals surface area contributed by atoms with Crippen molar-refractivity contribution in [1.29, 1.82) is 0 Å². The fraction of sp³-hybridized carbons (Fsp3) is 0.0909. The number of H-pyrrole nitrogens is 1. The maximum atomic E-state index is 12.9. The fourth-order valence-corrected chi connectivity index (χ4v) is 4.71. The van der Waals surface area contributed by atoms with Crippen LogP contribution in [-0.2, 0) is 16.1 Å². The standard InChI is InChI=1S/C22H15Br2N3O2/c1-2-27-10-16(14-6-4-12(24)8-18(14)27)20-19(21(28)26-22(20)29)15-9-25-17-7-11(23)3-5-13(15)17/h3-10,25H,2H2,1H3,(H,26,28,29). The van der Waals surface area contributed by atoms with Crippen LogP contribution in [0, 0.1) is 0 Å². The number of carbonyl (C=O) groups excluding carboxylic acids is 2. The van der Waals surface area contributed by atoms with Gasteiger partial charge in [-0.05, 0) is 31.2 Å². The summed E-state index contributed by atoms with van der Waals surface area (Å²) in [6.07, 6.45) is 3.75. The summed E-state index contributed by atoms with van der Waals surface area (Å²) in [5.41, 5.74) is 4.21. The quantitative estimate of drug-likeness (QED) is 0.369. The van der Waals surface area contributed by atoms with Gasteiger partial charge in [0.1, 0.15) is 0 Å². The number of amides is 2. The minimum Gasteiger partial charge on any atom is -0.361 e. The normalized spacial score (nSPS) is 14.4. The molecule has 2 amide bonds. The van der Waals surface area contributed by atoms with Crippen molar-refractivity contribution in [3.05, 3.63) is 68.9 Å². The molecule has 1 aliphatic rings. The van der Waals surface area contributed by atoms with Crippen LogP contribution in [0.1, 0.15) is 18.1 Å². The van der Waals surface area contributed by atoms with Gasteiger partial charge >= 0.3 is 0 Å². The molecule has 0 atom stereocenters. The third-order valence-electron chi connectivity index (χ3n) is 5.30. The summed E-state index contributed by atoms with van der Waals surface area (Å²) in [6, 6.07) is 11.8. The average molecular weight is 513 g/mol. The van der Waals surface area contributed by atoms with E-state index in [2.05, 4.69) is 53.7 Å². The Bertz CT molecular complexity index is 1380. The number of nitrogens with one attached hydrogen (secondary N) is 2. The van der Waals surface area contributed by atoms with Gasteiger partial charge in [-0.25, -0.2) is 0 Å². The number of aryl methyl sites for hydroxylation is 1. The highest BCUT2D eigenvalue weighted by Gasteiger charge is 2.35. The highest BCUT2D eigenvalue weighted by atomic mass is 79.9. The molecular weight excluding hydrogens is 498 g/mol. The number of carbonyl (C=O) groups is 2. The molecule has 0 radical (unpaired) electrons. The molecule has 0 bridgehead atoms. The van der Waals surface area contributed by atoms with Crippen molar-refractivity contribution < 1.29 is 9.59 Å². The molecule has 144 valence electrons. The first kappa shape index (κ1) is 18.4. The molecular formula is C22H15Br2N3O2. The summed E-state index contributed by atoms with van der Waals surface area (Å²) in [7, 11) is 0. The molecule has 29 heavy (non-hydrogen) atoms. The molecule has 4 aromatic rings. The molecule has 0 aliphatic carbocycles. The lowest BCUT2D eigenvalue weighted by Gasteiger charge is -2.03. The van der Waals surface area contributed by atoms with Gasteiger partial charge in [0, 0.05) is 60.8 Å². The Balaban J connectivity index is 1.84. The lowest BCUT2D eigenvalue weighted by atomic mass is 9.95. The zero-order chi connectivity index (χ0) is 20.3. The lowest BCUT2D eigenvalue weighted by Crippen LogP contribution is -2.22. The minimum absolute atomic E-state index is 0.366. The van der Waals surface area contributed by atoms with E-state index in [0.717, 1.165) is 48.4 Å². The van der Waals surface area contributed by atoms with Crippen LogP contribution >= 0.6 is 31.9 Å². The maximum absolute atomic E-state index is 12.9. The number of aromatic amines is 1. The Morgan fingerprint density at radius 1 is 0.897 bits per heavy atom. The molecule has 7 heteroatoms. The zero-order valence-electron chi connectivity index (χ0n) is 15.3. The summed E-state index contributed by atoms with van der Waals surface area (Å²) in [6.45, 7) is 2.81. The van der Waals surface area contributed by atoms with Gasteiger partial charge in [0.25, 0.3) is 11.8 Å². The van der Waals surface area contributed by atoms with Crippen LogP contribution in [0.25, 0.3) is 33.0 Å². The minimum atomic E-state index is -0.372. The van der Waals surface area contributed by atoms with Gasteiger partial charge in [-0.15, -0.1) is 0 Å². The molecule has 2 aromatic heterocycles. The number of aromatic nitrogens is 2. The van der Waals surface area contributed by atoms with Crippen LogP contribution in [0.15, 0.2) is 57.7 Å². The Labute approximate surface area is 183 Å². The van der Waals surface area contributed by atoms with Crippen LogP contribution in [0.3, 0.4) is 0 Å². The van der Waals surface area contributed by atoms with Gasteiger partial charge < -0.3 is 9.55 Å². The van der Waals surface area contributed by atoms with Crippen LogP contribution < -0.4 is 5.32 Å². The first-order valence-corrected chi connectivity index (χ1v) is 10.7. The molecule has 0 saturated heterocycles. The molecule has 1 aliphatic heterocycles.